The highest BCUT2D eigenvalue weighted by Crippen LogP contribution is 2.32. The summed E-state index contributed by atoms with van der Waals surface area (Å²) in [4.78, 5) is 8.74. The Morgan fingerprint density at radius 3 is 2.69 bits per heavy atom. The standard InChI is InChI=1S/C22H17F3N6.ClH/c1-13-4-6-16(11-26)30-18(13)10-17(27)21-20(3-2-8-28-21)31-19-7-5-15(22(23,24)25)9-14(19)12-29-31;/h2-9,12,17H,10,27H2,1H3;1H. The highest BCUT2D eigenvalue weighted by molar-refractivity contribution is 5.85. The van der Waals surface area contributed by atoms with E-state index in [1.54, 1.807) is 24.4 Å². The van der Waals surface area contributed by atoms with E-state index >= 15 is 0 Å². The third kappa shape index (κ3) is 4.42. The summed E-state index contributed by atoms with van der Waals surface area (Å²) in [6.45, 7) is 1.88. The number of benzene rings is 1. The topological polar surface area (TPSA) is 93.4 Å². The van der Waals surface area contributed by atoms with Crippen molar-refractivity contribution in [2.75, 3.05) is 0 Å². The molecule has 0 bridgehead atoms. The van der Waals surface area contributed by atoms with E-state index < -0.39 is 17.8 Å². The molecule has 0 aliphatic rings. The number of alkyl halides is 3. The van der Waals surface area contributed by atoms with Crippen LogP contribution in [0.15, 0.2) is 54.9 Å². The Morgan fingerprint density at radius 2 is 1.97 bits per heavy atom. The largest absolute Gasteiger partial charge is 0.416 e. The van der Waals surface area contributed by atoms with E-state index in [0.29, 0.717) is 40.1 Å². The molecule has 10 heteroatoms. The van der Waals surface area contributed by atoms with Crippen LogP contribution >= 0.6 is 12.4 Å². The fourth-order valence-electron chi connectivity index (χ4n) is 3.42. The van der Waals surface area contributed by atoms with Crippen LogP contribution in [0.2, 0.25) is 0 Å². The van der Waals surface area contributed by atoms with Crippen LogP contribution < -0.4 is 5.73 Å². The third-order valence-electron chi connectivity index (χ3n) is 5.02. The van der Waals surface area contributed by atoms with Gasteiger partial charge in [0.2, 0.25) is 0 Å². The summed E-state index contributed by atoms with van der Waals surface area (Å²) in [6.07, 6.45) is -1.11. The number of fused-ring (bicyclic) bond motifs is 1. The number of nitrogens with two attached hydrogens (primary N) is 1. The zero-order valence-electron chi connectivity index (χ0n) is 16.8. The number of rotatable bonds is 4. The predicted molar refractivity (Wildman–Crippen MR) is 115 cm³/mol. The average molecular weight is 459 g/mol. The second-order valence-corrected chi connectivity index (χ2v) is 7.12. The van der Waals surface area contributed by atoms with Gasteiger partial charge in [-0.3, -0.25) is 4.98 Å². The maximum atomic E-state index is 13.0. The highest BCUT2D eigenvalue weighted by Gasteiger charge is 2.31. The number of hydrogen-bond acceptors (Lipinski definition) is 5. The van der Waals surface area contributed by atoms with E-state index in [-0.39, 0.29) is 12.4 Å². The van der Waals surface area contributed by atoms with E-state index in [1.165, 1.54) is 16.9 Å². The molecule has 32 heavy (non-hydrogen) atoms. The molecule has 4 aromatic rings. The van der Waals surface area contributed by atoms with Crippen molar-refractivity contribution in [2.45, 2.75) is 25.6 Å². The molecule has 0 saturated heterocycles. The summed E-state index contributed by atoms with van der Waals surface area (Å²) >= 11 is 0. The molecule has 0 radical (unpaired) electrons. The summed E-state index contributed by atoms with van der Waals surface area (Å²) in [5, 5.41) is 13.7. The van der Waals surface area contributed by atoms with Crippen molar-refractivity contribution >= 4 is 23.3 Å². The van der Waals surface area contributed by atoms with Crippen LogP contribution in [0.1, 0.15) is 34.3 Å². The summed E-state index contributed by atoms with van der Waals surface area (Å²) in [5.41, 5.74) is 9.19. The summed E-state index contributed by atoms with van der Waals surface area (Å²) < 4.78 is 40.6. The number of aromatic nitrogens is 4. The van der Waals surface area contributed by atoms with Crippen molar-refractivity contribution in [2.24, 2.45) is 5.73 Å². The number of nitriles is 1. The van der Waals surface area contributed by atoms with Crippen LogP contribution in [-0.2, 0) is 12.6 Å². The molecule has 0 amide bonds. The van der Waals surface area contributed by atoms with Crippen LogP contribution in [0.5, 0.6) is 0 Å². The van der Waals surface area contributed by atoms with Crippen molar-refractivity contribution in [1.29, 1.82) is 5.26 Å². The van der Waals surface area contributed by atoms with Crippen molar-refractivity contribution in [3.63, 3.8) is 0 Å². The Labute approximate surface area is 187 Å². The quantitative estimate of drug-likeness (QED) is 0.479. The SMILES string of the molecule is Cc1ccc(C#N)nc1CC(N)c1ncccc1-n1ncc2cc(C(F)(F)F)ccc21.Cl. The zero-order chi connectivity index (χ0) is 22.2. The van der Waals surface area contributed by atoms with Gasteiger partial charge in [0.15, 0.2) is 0 Å². The number of halogens is 4. The number of pyridine rings is 2. The Bertz CT molecular complexity index is 1310. The molecular weight excluding hydrogens is 441 g/mol. The lowest BCUT2D eigenvalue weighted by atomic mass is 10.0. The van der Waals surface area contributed by atoms with Crippen molar-refractivity contribution in [3.05, 3.63) is 83.1 Å². The molecule has 6 nitrogen and oxygen atoms in total. The lowest BCUT2D eigenvalue weighted by Gasteiger charge is -2.17. The van der Waals surface area contributed by atoms with Gasteiger partial charge >= 0.3 is 6.18 Å². The predicted octanol–water partition coefficient (Wildman–Crippen LogP) is 4.68. The molecule has 3 heterocycles. The van der Waals surface area contributed by atoms with Gasteiger partial charge in [-0.25, -0.2) is 9.67 Å². The molecule has 4 rings (SSSR count). The van der Waals surface area contributed by atoms with Gasteiger partial charge in [-0.1, -0.05) is 6.07 Å². The lowest BCUT2D eigenvalue weighted by Crippen LogP contribution is -2.19. The Kier molecular flexibility index (Phi) is 6.48. The molecule has 2 N–H and O–H groups in total. The fourth-order valence-corrected chi connectivity index (χ4v) is 3.42. The van der Waals surface area contributed by atoms with Crippen LogP contribution in [0.4, 0.5) is 13.2 Å². The van der Waals surface area contributed by atoms with E-state index in [0.717, 1.165) is 17.7 Å². The first kappa shape index (κ1) is 23.2. The first-order valence-corrected chi connectivity index (χ1v) is 9.40. The molecule has 0 aliphatic carbocycles. The molecule has 0 fully saturated rings. The fraction of sp³-hybridized carbons (Fsp3) is 0.182. The van der Waals surface area contributed by atoms with Gasteiger partial charge in [0, 0.05) is 23.7 Å². The van der Waals surface area contributed by atoms with Gasteiger partial charge in [0.05, 0.1) is 34.7 Å². The Hall–Kier alpha value is -3.48. The molecule has 0 aliphatic heterocycles. The molecule has 0 spiro atoms. The minimum Gasteiger partial charge on any atom is -0.322 e. The lowest BCUT2D eigenvalue weighted by molar-refractivity contribution is -0.137. The van der Waals surface area contributed by atoms with Crippen LogP contribution in [0.25, 0.3) is 16.6 Å². The second kappa shape index (κ2) is 8.94. The number of hydrogen-bond donors (Lipinski definition) is 1. The van der Waals surface area contributed by atoms with Gasteiger partial charge in [0.1, 0.15) is 11.8 Å². The van der Waals surface area contributed by atoms with Crippen LogP contribution in [0, 0.1) is 18.3 Å². The van der Waals surface area contributed by atoms with Gasteiger partial charge in [0.25, 0.3) is 0 Å². The van der Waals surface area contributed by atoms with Crippen LogP contribution in [-0.4, -0.2) is 19.7 Å². The van der Waals surface area contributed by atoms with Gasteiger partial charge in [-0.05, 0) is 48.9 Å². The van der Waals surface area contributed by atoms with Gasteiger partial charge in [-0.15, -0.1) is 12.4 Å². The molecule has 1 unspecified atom stereocenters. The first-order valence-electron chi connectivity index (χ1n) is 9.40. The summed E-state index contributed by atoms with van der Waals surface area (Å²) in [7, 11) is 0. The molecule has 3 aromatic heterocycles. The molecule has 1 atom stereocenters. The zero-order valence-corrected chi connectivity index (χ0v) is 17.7. The van der Waals surface area contributed by atoms with E-state index in [4.69, 9.17) is 11.0 Å². The van der Waals surface area contributed by atoms with E-state index in [9.17, 15) is 13.2 Å². The van der Waals surface area contributed by atoms with Crippen LogP contribution in [0.3, 0.4) is 0 Å². The number of aryl methyl sites for hydroxylation is 1. The highest BCUT2D eigenvalue weighted by atomic mass is 35.5. The minimum absolute atomic E-state index is 0. The minimum atomic E-state index is -4.43. The normalized spacial score (nSPS) is 12.2. The van der Waals surface area contributed by atoms with Crippen molar-refractivity contribution in [3.8, 4) is 11.8 Å². The molecule has 1 aromatic carbocycles. The monoisotopic (exact) mass is 458 g/mol. The summed E-state index contributed by atoms with van der Waals surface area (Å²) in [6, 6.07) is 11.9. The first-order chi connectivity index (χ1) is 14.8. The van der Waals surface area contributed by atoms with Gasteiger partial charge < -0.3 is 5.73 Å². The second-order valence-electron chi connectivity index (χ2n) is 7.12. The number of nitrogens with zero attached hydrogens (tertiary/aromatic N) is 5. The smallest absolute Gasteiger partial charge is 0.322 e. The maximum Gasteiger partial charge on any atom is 0.416 e. The third-order valence-corrected chi connectivity index (χ3v) is 5.02. The van der Waals surface area contributed by atoms with E-state index in [1.807, 2.05) is 19.1 Å². The molecular formula is C22H18ClF3N6. The average Bonchev–Trinajstić information content (AvgIpc) is 3.18. The Balaban J connectivity index is 0.00000289. The molecule has 0 saturated carbocycles. The Morgan fingerprint density at radius 1 is 1.19 bits per heavy atom. The van der Waals surface area contributed by atoms with E-state index in [2.05, 4.69) is 15.1 Å². The molecule has 164 valence electrons. The van der Waals surface area contributed by atoms with Crippen molar-refractivity contribution in [1.82, 2.24) is 19.7 Å². The van der Waals surface area contributed by atoms with Crippen molar-refractivity contribution < 1.29 is 13.2 Å². The summed E-state index contributed by atoms with van der Waals surface area (Å²) in [5.74, 6) is 0. The maximum absolute atomic E-state index is 13.0. The van der Waals surface area contributed by atoms with Gasteiger partial charge in [-0.2, -0.15) is 23.5 Å².